The Hall–Kier alpha value is -1.57. The van der Waals surface area contributed by atoms with E-state index >= 15 is 0 Å². The van der Waals surface area contributed by atoms with Gasteiger partial charge in [0, 0.05) is 19.3 Å². The first kappa shape index (κ1) is 11.4. The molecule has 72 valence electrons. The Balaban J connectivity index is 4.34. The molecule has 5 nitrogen and oxygen atoms in total. The average molecular weight is 184 g/mol. The normalized spacial score (nSPS) is 13.9. The van der Waals surface area contributed by atoms with Crippen LogP contribution in [0.15, 0.2) is 0 Å². The summed E-state index contributed by atoms with van der Waals surface area (Å²) in [4.78, 5) is 21.2. The van der Waals surface area contributed by atoms with Crippen LogP contribution in [0.5, 0.6) is 0 Å². The van der Waals surface area contributed by atoms with Gasteiger partial charge >= 0.3 is 5.97 Å². The lowest BCUT2D eigenvalue weighted by atomic mass is 9.99. The number of rotatable bonds is 4. The third-order valence-corrected chi connectivity index (χ3v) is 1.61. The number of carboxylic acids is 1. The average Bonchev–Trinajstić information content (AvgIpc) is 1.99. The number of hydrogen-bond acceptors (Lipinski definition) is 3. The SMILES string of the molecule is CC(=O)N[C@@H](C(=O)O)[C@H](C)CC#N. The Morgan fingerprint density at radius 1 is 1.62 bits per heavy atom. The van der Waals surface area contributed by atoms with Gasteiger partial charge in [-0.2, -0.15) is 5.26 Å². The van der Waals surface area contributed by atoms with E-state index < -0.39 is 17.9 Å². The number of carbonyl (C=O) groups is 2. The summed E-state index contributed by atoms with van der Waals surface area (Å²) in [6, 6.07) is 0.887. The second-order valence-electron chi connectivity index (χ2n) is 2.86. The lowest BCUT2D eigenvalue weighted by Crippen LogP contribution is -2.44. The van der Waals surface area contributed by atoms with Gasteiger partial charge in [-0.1, -0.05) is 6.92 Å². The lowest BCUT2D eigenvalue weighted by molar-refractivity contribution is -0.142. The molecule has 0 aromatic rings. The van der Waals surface area contributed by atoms with Gasteiger partial charge in [0.05, 0.1) is 6.07 Å². The lowest BCUT2D eigenvalue weighted by Gasteiger charge is -2.17. The van der Waals surface area contributed by atoms with Crippen LogP contribution in [0.25, 0.3) is 0 Å². The first-order valence-electron chi connectivity index (χ1n) is 3.86. The van der Waals surface area contributed by atoms with Gasteiger partial charge in [0.25, 0.3) is 0 Å². The van der Waals surface area contributed by atoms with Crippen molar-refractivity contribution in [2.45, 2.75) is 26.3 Å². The summed E-state index contributed by atoms with van der Waals surface area (Å²) in [6.07, 6.45) is 0.108. The van der Waals surface area contributed by atoms with Crippen molar-refractivity contribution in [2.75, 3.05) is 0 Å². The number of carbonyl (C=O) groups excluding carboxylic acids is 1. The van der Waals surface area contributed by atoms with E-state index in [1.807, 2.05) is 6.07 Å². The van der Waals surface area contributed by atoms with Gasteiger partial charge < -0.3 is 10.4 Å². The third-order valence-electron chi connectivity index (χ3n) is 1.61. The van der Waals surface area contributed by atoms with E-state index in [4.69, 9.17) is 10.4 Å². The fraction of sp³-hybridized carbons (Fsp3) is 0.625. The molecule has 0 aromatic heterocycles. The Labute approximate surface area is 76.4 Å². The molecule has 0 spiro atoms. The van der Waals surface area contributed by atoms with Crippen LogP contribution >= 0.6 is 0 Å². The summed E-state index contributed by atoms with van der Waals surface area (Å²) in [5.41, 5.74) is 0. The molecule has 0 aliphatic rings. The summed E-state index contributed by atoms with van der Waals surface area (Å²) >= 11 is 0. The molecule has 2 N–H and O–H groups in total. The Bertz CT molecular complexity index is 244. The number of nitrogens with one attached hydrogen (secondary N) is 1. The summed E-state index contributed by atoms with van der Waals surface area (Å²) in [7, 11) is 0. The highest BCUT2D eigenvalue weighted by atomic mass is 16.4. The van der Waals surface area contributed by atoms with Crippen LogP contribution in [0.4, 0.5) is 0 Å². The van der Waals surface area contributed by atoms with Gasteiger partial charge in [0.1, 0.15) is 6.04 Å². The highest BCUT2D eigenvalue weighted by molar-refractivity contribution is 5.82. The smallest absolute Gasteiger partial charge is 0.326 e. The van der Waals surface area contributed by atoms with Crippen molar-refractivity contribution in [3.8, 4) is 6.07 Å². The highest BCUT2D eigenvalue weighted by Gasteiger charge is 2.24. The fourth-order valence-electron chi connectivity index (χ4n) is 0.928. The molecule has 1 amide bonds. The molecule has 0 rings (SSSR count). The summed E-state index contributed by atoms with van der Waals surface area (Å²) in [5.74, 6) is -1.90. The molecule has 0 bridgehead atoms. The van der Waals surface area contributed by atoms with Gasteiger partial charge in [0.15, 0.2) is 0 Å². The minimum atomic E-state index is -1.11. The molecule has 0 saturated carbocycles. The number of aliphatic carboxylic acids is 1. The standard InChI is InChI=1S/C8H12N2O3/c1-5(3-4-9)7(8(12)13)10-6(2)11/h5,7H,3H2,1-2H3,(H,10,11)(H,12,13)/t5-,7-/m1/s1. The second kappa shape index (κ2) is 5.14. The van der Waals surface area contributed by atoms with Gasteiger partial charge in [0.2, 0.25) is 5.91 Å². The molecular weight excluding hydrogens is 172 g/mol. The topological polar surface area (TPSA) is 90.2 Å². The minimum absolute atomic E-state index is 0.108. The Morgan fingerprint density at radius 2 is 2.15 bits per heavy atom. The van der Waals surface area contributed by atoms with Crippen molar-refractivity contribution in [2.24, 2.45) is 5.92 Å². The van der Waals surface area contributed by atoms with E-state index in [2.05, 4.69) is 5.32 Å². The van der Waals surface area contributed by atoms with E-state index in [9.17, 15) is 9.59 Å². The molecule has 2 atom stereocenters. The van der Waals surface area contributed by atoms with Crippen molar-refractivity contribution in [3.05, 3.63) is 0 Å². The maximum Gasteiger partial charge on any atom is 0.326 e. The number of amides is 1. The number of nitrogens with zero attached hydrogens (tertiary/aromatic N) is 1. The van der Waals surface area contributed by atoms with Crippen LogP contribution in [-0.4, -0.2) is 23.0 Å². The predicted octanol–water partition coefficient (Wildman–Crippen LogP) is 0.125. The molecule has 0 fully saturated rings. The van der Waals surface area contributed by atoms with E-state index in [-0.39, 0.29) is 12.3 Å². The molecule has 0 aromatic carbocycles. The minimum Gasteiger partial charge on any atom is -0.480 e. The van der Waals surface area contributed by atoms with Crippen molar-refractivity contribution in [1.82, 2.24) is 5.32 Å². The molecular formula is C8H12N2O3. The van der Waals surface area contributed by atoms with Gasteiger partial charge in [-0.05, 0) is 0 Å². The molecule has 0 heterocycles. The fourth-order valence-corrected chi connectivity index (χ4v) is 0.928. The van der Waals surface area contributed by atoms with Crippen LogP contribution in [-0.2, 0) is 9.59 Å². The predicted molar refractivity (Wildman–Crippen MR) is 44.6 cm³/mol. The largest absolute Gasteiger partial charge is 0.480 e. The first-order valence-corrected chi connectivity index (χ1v) is 3.86. The summed E-state index contributed by atoms with van der Waals surface area (Å²) in [5, 5.41) is 19.3. The van der Waals surface area contributed by atoms with Crippen LogP contribution in [0.1, 0.15) is 20.3 Å². The maximum absolute atomic E-state index is 10.6. The zero-order valence-corrected chi connectivity index (χ0v) is 7.57. The van der Waals surface area contributed by atoms with Crippen molar-refractivity contribution >= 4 is 11.9 Å². The Kier molecular flexibility index (Phi) is 4.52. The molecule has 0 saturated heterocycles. The molecule has 0 aliphatic heterocycles. The zero-order chi connectivity index (χ0) is 10.4. The van der Waals surface area contributed by atoms with Gasteiger partial charge in [-0.25, -0.2) is 4.79 Å². The van der Waals surface area contributed by atoms with Crippen LogP contribution in [0, 0.1) is 17.2 Å². The van der Waals surface area contributed by atoms with Crippen LogP contribution in [0.2, 0.25) is 0 Å². The van der Waals surface area contributed by atoms with E-state index in [1.54, 1.807) is 6.92 Å². The van der Waals surface area contributed by atoms with Crippen molar-refractivity contribution < 1.29 is 14.7 Å². The molecule has 0 radical (unpaired) electrons. The summed E-state index contributed by atoms with van der Waals surface area (Å²) < 4.78 is 0. The maximum atomic E-state index is 10.6. The monoisotopic (exact) mass is 184 g/mol. The van der Waals surface area contributed by atoms with E-state index in [1.165, 1.54) is 6.92 Å². The quantitative estimate of drug-likeness (QED) is 0.649. The number of carboxylic acid groups (broad SMARTS) is 1. The third kappa shape index (κ3) is 4.11. The van der Waals surface area contributed by atoms with Crippen molar-refractivity contribution in [1.29, 1.82) is 5.26 Å². The molecule has 0 aliphatic carbocycles. The van der Waals surface area contributed by atoms with Crippen LogP contribution < -0.4 is 5.32 Å². The summed E-state index contributed by atoms with van der Waals surface area (Å²) in [6.45, 7) is 2.85. The van der Waals surface area contributed by atoms with E-state index in [0.29, 0.717) is 0 Å². The van der Waals surface area contributed by atoms with Gasteiger partial charge in [-0.3, -0.25) is 4.79 Å². The zero-order valence-electron chi connectivity index (χ0n) is 7.57. The van der Waals surface area contributed by atoms with Crippen molar-refractivity contribution in [3.63, 3.8) is 0 Å². The molecule has 5 heteroatoms. The highest BCUT2D eigenvalue weighted by Crippen LogP contribution is 2.07. The first-order chi connectivity index (χ1) is 5.99. The number of nitriles is 1. The van der Waals surface area contributed by atoms with E-state index in [0.717, 1.165) is 0 Å². The molecule has 0 unspecified atom stereocenters. The Morgan fingerprint density at radius 3 is 2.46 bits per heavy atom. The van der Waals surface area contributed by atoms with Crippen LogP contribution in [0.3, 0.4) is 0 Å². The number of hydrogen-bond donors (Lipinski definition) is 2. The van der Waals surface area contributed by atoms with Gasteiger partial charge in [-0.15, -0.1) is 0 Å². The molecule has 13 heavy (non-hydrogen) atoms. The second-order valence-corrected chi connectivity index (χ2v) is 2.86.